The van der Waals surface area contributed by atoms with Gasteiger partial charge >= 0.3 is 0 Å². The van der Waals surface area contributed by atoms with Gasteiger partial charge in [0.05, 0.1) is 16.0 Å². The molecule has 0 spiro atoms. The summed E-state index contributed by atoms with van der Waals surface area (Å²) in [7, 11) is 1.92. The molecule has 4 rings (SSSR count). The highest BCUT2D eigenvalue weighted by atomic mass is 16.6. The Morgan fingerprint density at radius 3 is 2.31 bits per heavy atom. The van der Waals surface area contributed by atoms with Crippen LogP contribution in [0, 0.1) is 10.1 Å². The van der Waals surface area contributed by atoms with E-state index in [4.69, 9.17) is 4.98 Å². The van der Waals surface area contributed by atoms with E-state index in [1.807, 2.05) is 66.2 Å². The van der Waals surface area contributed by atoms with Gasteiger partial charge in [0, 0.05) is 24.7 Å². The second-order valence-electron chi connectivity index (χ2n) is 6.64. The van der Waals surface area contributed by atoms with Crippen LogP contribution >= 0.6 is 0 Å². The molecule has 0 saturated heterocycles. The number of nitrogens with zero attached hydrogens (tertiary/aromatic N) is 3. The number of nitrogens with one attached hydrogen (secondary N) is 1. The predicted octanol–water partition coefficient (Wildman–Crippen LogP) is 4.00. The maximum atomic E-state index is 12.9. The highest BCUT2D eigenvalue weighted by Gasteiger charge is 2.23. The second kappa shape index (κ2) is 7.55. The normalized spacial score (nSPS) is 11.9. The van der Waals surface area contributed by atoms with Crippen LogP contribution in [-0.2, 0) is 7.05 Å². The van der Waals surface area contributed by atoms with Gasteiger partial charge in [-0.15, -0.1) is 0 Å². The quantitative estimate of drug-likeness (QED) is 0.415. The van der Waals surface area contributed by atoms with Crippen LogP contribution in [-0.4, -0.2) is 20.4 Å². The molecule has 3 aromatic carbocycles. The zero-order chi connectivity index (χ0) is 20.4. The number of carbonyl (C=O) groups is 1. The Balaban J connectivity index is 1.72. The first-order valence-electron chi connectivity index (χ1n) is 9.06. The number of imidazole rings is 1. The van der Waals surface area contributed by atoms with E-state index in [0.717, 1.165) is 16.6 Å². The SMILES string of the molecule is Cn1c([C@@H](NC(=O)c2ccc([N+](=O)[O-])cc2)c2ccccc2)nc2ccccc21. The minimum atomic E-state index is -0.492. The van der Waals surface area contributed by atoms with E-state index in [-0.39, 0.29) is 11.6 Å². The lowest BCUT2D eigenvalue weighted by molar-refractivity contribution is -0.384. The van der Waals surface area contributed by atoms with E-state index in [1.54, 1.807) is 0 Å². The van der Waals surface area contributed by atoms with Crippen LogP contribution in [0.4, 0.5) is 5.69 Å². The van der Waals surface area contributed by atoms with Crippen molar-refractivity contribution in [2.24, 2.45) is 7.05 Å². The maximum Gasteiger partial charge on any atom is 0.269 e. The molecule has 144 valence electrons. The number of fused-ring (bicyclic) bond motifs is 1. The van der Waals surface area contributed by atoms with Crippen LogP contribution < -0.4 is 5.32 Å². The van der Waals surface area contributed by atoms with E-state index in [9.17, 15) is 14.9 Å². The molecule has 0 aliphatic rings. The van der Waals surface area contributed by atoms with Gasteiger partial charge in [0.25, 0.3) is 11.6 Å². The minimum absolute atomic E-state index is 0.0588. The highest BCUT2D eigenvalue weighted by Crippen LogP contribution is 2.25. The van der Waals surface area contributed by atoms with Crippen molar-refractivity contribution in [1.29, 1.82) is 0 Å². The van der Waals surface area contributed by atoms with Crippen molar-refractivity contribution in [1.82, 2.24) is 14.9 Å². The third-order valence-electron chi connectivity index (χ3n) is 4.83. The molecule has 0 saturated carbocycles. The van der Waals surface area contributed by atoms with Crippen LogP contribution in [0.5, 0.6) is 0 Å². The van der Waals surface area contributed by atoms with Crippen molar-refractivity contribution in [3.8, 4) is 0 Å². The molecule has 29 heavy (non-hydrogen) atoms. The number of benzene rings is 3. The summed E-state index contributed by atoms with van der Waals surface area (Å²) in [6.45, 7) is 0. The van der Waals surface area contributed by atoms with Crippen LogP contribution in [0.25, 0.3) is 11.0 Å². The molecule has 0 unspecified atom stereocenters. The molecule has 1 N–H and O–H groups in total. The van der Waals surface area contributed by atoms with E-state index >= 15 is 0 Å². The lowest BCUT2D eigenvalue weighted by Crippen LogP contribution is -2.31. The predicted molar refractivity (Wildman–Crippen MR) is 110 cm³/mol. The van der Waals surface area contributed by atoms with Gasteiger partial charge in [-0.3, -0.25) is 14.9 Å². The van der Waals surface area contributed by atoms with Gasteiger partial charge in [-0.25, -0.2) is 4.98 Å². The number of nitro benzene ring substituents is 1. The largest absolute Gasteiger partial charge is 0.338 e. The Morgan fingerprint density at radius 2 is 1.66 bits per heavy atom. The highest BCUT2D eigenvalue weighted by molar-refractivity contribution is 5.95. The molecular weight excluding hydrogens is 368 g/mol. The first-order valence-corrected chi connectivity index (χ1v) is 9.06. The fraction of sp³-hybridized carbons (Fsp3) is 0.0909. The molecule has 0 aliphatic heterocycles. The number of hydrogen-bond acceptors (Lipinski definition) is 4. The number of rotatable bonds is 5. The maximum absolute atomic E-state index is 12.9. The van der Waals surface area contributed by atoms with Crippen molar-refractivity contribution >= 4 is 22.6 Å². The van der Waals surface area contributed by atoms with E-state index < -0.39 is 11.0 Å². The third kappa shape index (κ3) is 3.58. The average Bonchev–Trinajstić information content (AvgIpc) is 3.09. The number of non-ortho nitro benzene ring substituents is 1. The topological polar surface area (TPSA) is 90.1 Å². The van der Waals surface area contributed by atoms with Crippen LogP contribution in [0.15, 0.2) is 78.9 Å². The molecule has 1 amide bonds. The van der Waals surface area contributed by atoms with Gasteiger partial charge in [0.15, 0.2) is 0 Å². The summed E-state index contributed by atoms with van der Waals surface area (Å²) in [6, 6.07) is 22.4. The molecule has 0 aliphatic carbocycles. The molecule has 1 heterocycles. The lowest BCUT2D eigenvalue weighted by atomic mass is 10.1. The summed E-state index contributed by atoms with van der Waals surface area (Å²) in [5.74, 6) is 0.369. The van der Waals surface area contributed by atoms with Gasteiger partial charge in [-0.05, 0) is 29.8 Å². The molecule has 1 aromatic heterocycles. The molecular formula is C22H18N4O3. The molecule has 4 aromatic rings. The van der Waals surface area contributed by atoms with Crippen molar-refractivity contribution in [2.75, 3.05) is 0 Å². The van der Waals surface area contributed by atoms with Gasteiger partial charge in [0.2, 0.25) is 0 Å². The molecule has 0 fully saturated rings. The van der Waals surface area contributed by atoms with Crippen LogP contribution in [0.2, 0.25) is 0 Å². The second-order valence-corrected chi connectivity index (χ2v) is 6.64. The minimum Gasteiger partial charge on any atom is -0.338 e. The van der Waals surface area contributed by atoms with Gasteiger partial charge in [-0.2, -0.15) is 0 Å². The molecule has 0 radical (unpaired) electrons. The number of aryl methyl sites for hydroxylation is 1. The summed E-state index contributed by atoms with van der Waals surface area (Å²) < 4.78 is 1.96. The summed E-state index contributed by atoms with van der Waals surface area (Å²) in [5.41, 5.74) is 2.98. The summed E-state index contributed by atoms with van der Waals surface area (Å²) in [5, 5.41) is 13.9. The number of amides is 1. The number of para-hydroxylation sites is 2. The fourth-order valence-corrected chi connectivity index (χ4v) is 3.31. The van der Waals surface area contributed by atoms with Gasteiger partial charge in [0.1, 0.15) is 11.9 Å². The molecule has 1 atom stereocenters. The number of aromatic nitrogens is 2. The Labute approximate surface area is 166 Å². The van der Waals surface area contributed by atoms with Crippen molar-refractivity contribution in [2.45, 2.75) is 6.04 Å². The van der Waals surface area contributed by atoms with E-state index in [1.165, 1.54) is 24.3 Å². The standard InChI is InChI=1S/C22H18N4O3/c1-25-19-10-6-5-9-18(19)23-21(25)20(15-7-3-2-4-8-15)24-22(27)16-11-13-17(14-12-16)26(28)29/h2-14,20H,1H3,(H,24,27)/t20-/m0/s1. The summed E-state index contributed by atoms with van der Waals surface area (Å²) >= 11 is 0. The van der Waals surface area contributed by atoms with Crippen LogP contribution in [0.3, 0.4) is 0 Å². The summed E-state index contributed by atoms with van der Waals surface area (Å²) in [6.07, 6.45) is 0. The number of hydrogen-bond donors (Lipinski definition) is 1. The van der Waals surface area contributed by atoms with Gasteiger partial charge < -0.3 is 9.88 Å². The molecule has 7 heteroatoms. The Morgan fingerprint density at radius 1 is 1.00 bits per heavy atom. The lowest BCUT2D eigenvalue weighted by Gasteiger charge is -2.19. The summed E-state index contributed by atoms with van der Waals surface area (Å²) in [4.78, 5) is 28.0. The number of carbonyl (C=O) groups excluding carboxylic acids is 1. The van der Waals surface area contributed by atoms with E-state index in [2.05, 4.69) is 5.32 Å². The van der Waals surface area contributed by atoms with Crippen molar-refractivity contribution < 1.29 is 9.72 Å². The Kier molecular flexibility index (Phi) is 4.78. The number of nitro groups is 1. The molecule has 0 bridgehead atoms. The zero-order valence-electron chi connectivity index (χ0n) is 15.6. The first kappa shape index (κ1) is 18.4. The average molecular weight is 386 g/mol. The first-order chi connectivity index (χ1) is 14.0. The van der Waals surface area contributed by atoms with Crippen LogP contribution in [0.1, 0.15) is 27.8 Å². The van der Waals surface area contributed by atoms with E-state index in [0.29, 0.717) is 11.4 Å². The smallest absolute Gasteiger partial charge is 0.269 e. The fourth-order valence-electron chi connectivity index (χ4n) is 3.31. The third-order valence-corrected chi connectivity index (χ3v) is 4.83. The monoisotopic (exact) mass is 386 g/mol. The Hall–Kier alpha value is -4.00. The van der Waals surface area contributed by atoms with Crippen molar-refractivity contribution in [3.63, 3.8) is 0 Å². The van der Waals surface area contributed by atoms with Gasteiger partial charge in [-0.1, -0.05) is 42.5 Å². The zero-order valence-corrected chi connectivity index (χ0v) is 15.6. The van der Waals surface area contributed by atoms with Crippen molar-refractivity contribution in [3.05, 3.63) is 106 Å². The Bertz CT molecular complexity index is 1180. The molecule has 7 nitrogen and oxygen atoms in total.